The number of carbonyl (C=O) groups excluding carboxylic acids is 2. The lowest BCUT2D eigenvalue weighted by molar-refractivity contribution is -0.139. The Morgan fingerprint density at radius 1 is 0.878 bits per heavy atom. The van der Waals surface area contributed by atoms with E-state index in [-0.39, 0.29) is 18.9 Å². The third-order valence-corrected chi connectivity index (χ3v) is 7.27. The Morgan fingerprint density at radius 2 is 1.59 bits per heavy atom. The van der Waals surface area contributed by atoms with Crippen LogP contribution in [-0.4, -0.2) is 43.0 Å². The van der Waals surface area contributed by atoms with Crippen LogP contribution in [-0.2, 0) is 27.3 Å². The zero-order valence-electron chi connectivity index (χ0n) is 22.5. The van der Waals surface area contributed by atoms with E-state index in [0.29, 0.717) is 29.5 Å². The average Bonchev–Trinajstić information content (AvgIpc) is 2.99. The van der Waals surface area contributed by atoms with E-state index in [1.165, 1.54) is 17.0 Å². The summed E-state index contributed by atoms with van der Waals surface area (Å²) in [6.45, 7) is 3.09. The second kappa shape index (κ2) is 13.4. The van der Waals surface area contributed by atoms with Crippen molar-refractivity contribution in [1.29, 1.82) is 0 Å². The summed E-state index contributed by atoms with van der Waals surface area (Å²) in [5.41, 5.74) is 3.60. The van der Waals surface area contributed by atoms with E-state index >= 15 is 0 Å². The van der Waals surface area contributed by atoms with Gasteiger partial charge in [-0.1, -0.05) is 66.2 Å². The Balaban J connectivity index is 1.46. The van der Waals surface area contributed by atoms with Gasteiger partial charge in [0, 0.05) is 36.0 Å². The van der Waals surface area contributed by atoms with Crippen molar-refractivity contribution in [2.75, 3.05) is 36.5 Å². The minimum absolute atomic E-state index is 0.0851. The van der Waals surface area contributed by atoms with Crippen LogP contribution in [0.3, 0.4) is 0 Å². The number of carbonyl (C=O) groups is 2. The highest BCUT2D eigenvalue weighted by atomic mass is 35.5. The van der Waals surface area contributed by atoms with Gasteiger partial charge in [0.05, 0.1) is 19.6 Å². The zero-order chi connectivity index (χ0) is 28.6. The fourth-order valence-corrected chi connectivity index (χ4v) is 5.05. The molecule has 1 heterocycles. The SMILES string of the molecule is O=C(Nc1ccc(N2CCOCC2)cc1)C(c1cccc(F)c1)N(Cc1ccc(Cl)cc1)C(=O)Cc1ccccc1. The minimum Gasteiger partial charge on any atom is -0.378 e. The monoisotopic (exact) mass is 571 g/mol. The van der Waals surface area contributed by atoms with Gasteiger partial charge in [-0.25, -0.2) is 4.39 Å². The molecule has 1 unspecified atom stereocenters. The number of nitrogens with one attached hydrogen (secondary N) is 1. The summed E-state index contributed by atoms with van der Waals surface area (Å²) in [6, 6.07) is 28.8. The molecule has 1 fully saturated rings. The molecule has 41 heavy (non-hydrogen) atoms. The molecule has 0 aliphatic carbocycles. The van der Waals surface area contributed by atoms with Gasteiger partial charge in [-0.05, 0) is 65.2 Å². The van der Waals surface area contributed by atoms with Gasteiger partial charge in [-0.15, -0.1) is 0 Å². The van der Waals surface area contributed by atoms with Crippen molar-refractivity contribution in [3.05, 3.63) is 131 Å². The van der Waals surface area contributed by atoms with E-state index in [2.05, 4.69) is 10.2 Å². The number of benzene rings is 4. The van der Waals surface area contributed by atoms with Gasteiger partial charge in [-0.2, -0.15) is 0 Å². The molecule has 1 atom stereocenters. The van der Waals surface area contributed by atoms with Crippen LogP contribution in [0.5, 0.6) is 0 Å². The van der Waals surface area contributed by atoms with Crippen LogP contribution in [0.1, 0.15) is 22.7 Å². The third kappa shape index (κ3) is 7.51. The number of anilines is 2. The predicted molar refractivity (Wildman–Crippen MR) is 159 cm³/mol. The molecule has 5 rings (SSSR count). The molecule has 1 N–H and O–H groups in total. The Bertz CT molecular complexity index is 1460. The van der Waals surface area contributed by atoms with Gasteiger partial charge < -0.3 is 19.9 Å². The van der Waals surface area contributed by atoms with E-state index in [0.717, 1.165) is 29.9 Å². The fraction of sp³-hybridized carbons (Fsp3) is 0.212. The van der Waals surface area contributed by atoms with Crippen molar-refractivity contribution in [2.24, 2.45) is 0 Å². The standard InChI is InChI=1S/C33H31ClFN3O3/c34-27-11-9-25(10-12-27)23-38(31(39)21-24-5-2-1-3-6-24)32(26-7-4-8-28(35)22-26)33(40)36-29-13-15-30(16-14-29)37-17-19-41-20-18-37/h1-16,22,32H,17-21,23H2,(H,36,40). The van der Waals surface area contributed by atoms with Crippen LogP contribution in [0.15, 0.2) is 103 Å². The second-order valence-corrected chi connectivity index (χ2v) is 10.3. The lowest BCUT2D eigenvalue weighted by Gasteiger charge is -2.32. The van der Waals surface area contributed by atoms with Gasteiger partial charge in [0.25, 0.3) is 5.91 Å². The van der Waals surface area contributed by atoms with Crippen LogP contribution in [0.2, 0.25) is 5.02 Å². The molecule has 210 valence electrons. The first kappa shape index (κ1) is 28.3. The molecule has 0 radical (unpaired) electrons. The van der Waals surface area contributed by atoms with E-state index < -0.39 is 17.8 Å². The molecule has 8 heteroatoms. The minimum atomic E-state index is -1.09. The summed E-state index contributed by atoms with van der Waals surface area (Å²) in [5, 5.41) is 3.53. The topological polar surface area (TPSA) is 61.9 Å². The molecule has 0 bridgehead atoms. The van der Waals surface area contributed by atoms with Crippen molar-refractivity contribution in [2.45, 2.75) is 19.0 Å². The lowest BCUT2D eigenvalue weighted by atomic mass is 10.0. The Labute approximate surface area is 244 Å². The van der Waals surface area contributed by atoms with Gasteiger partial charge in [0.15, 0.2) is 0 Å². The van der Waals surface area contributed by atoms with Gasteiger partial charge >= 0.3 is 0 Å². The molecule has 0 saturated carbocycles. The highest BCUT2D eigenvalue weighted by Gasteiger charge is 2.32. The molecule has 2 amide bonds. The maximum Gasteiger partial charge on any atom is 0.251 e. The number of nitrogens with zero attached hydrogens (tertiary/aromatic N) is 2. The maximum atomic E-state index is 14.5. The van der Waals surface area contributed by atoms with Crippen LogP contribution < -0.4 is 10.2 Å². The molecule has 0 aromatic heterocycles. The lowest BCUT2D eigenvalue weighted by Crippen LogP contribution is -2.41. The Morgan fingerprint density at radius 3 is 2.27 bits per heavy atom. The number of hydrogen-bond acceptors (Lipinski definition) is 4. The predicted octanol–water partition coefficient (Wildman–Crippen LogP) is 6.27. The first-order valence-electron chi connectivity index (χ1n) is 13.5. The smallest absolute Gasteiger partial charge is 0.251 e. The molecular formula is C33H31ClFN3O3. The van der Waals surface area contributed by atoms with Crippen molar-refractivity contribution in [3.8, 4) is 0 Å². The molecule has 4 aromatic rings. The van der Waals surface area contributed by atoms with Gasteiger partial charge in [0.2, 0.25) is 5.91 Å². The number of halogens is 2. The number of morpholine rings is 1. The fourth-order valence-electron chi connectivity index (χ4n) is 4.92. The van der Waals surface area contributed by atoms with Crippen LogP contribution in [0, 0.1) is 5.82 Å². The van der Waals surface area contributed by atoms with E-state index in [9.17, 15) is 14.0 Å². The summed E-state index contributed by atoms with van der Waals surface area (Å²) < 4.78 is 19.9. The molecule has 4 aromatic carbocycles. The first-order valence-corrected chi connectivity index (χ1v) is 13.9. The van der Waals surface area contributed by atoms with Crippen molar-refractivity contribution in [1.82, 2.24) is 4.90 Å². The summed E-state index contributed by atoms with van der Waals surface area (Å²) in [5.74, 6) is -1.19. The van der Waals surface area contributed by atoms with Crippen LogP contribution in [0.4, 0.5) is 15.8 Å². The Kier molecular flexibility index (Phi) is 9.29. The van der Waals surface area contributed by atoms with Crippen molar-refractivity contribution in [3.63, 3.8) is 0 Å². The third-order valence-electron chi connectivity index (χ3n) is 7.02. The summed E-state index contributed by atoms with van der Waals surface area (Å²) in [6.07, 6.45) is 0.0851. The summed E-state index contributed by atoms with van der Waals surface area (Å²) in [4.78, 5) is 31.6. The molecule has 0 spiro atoms. The summed E-state index contributed by atoms with van der Waals surface area (Å²) in [7, 11) is 0. The maximum absolute atomic E-state index is 14.5. The van der Waals surface area contributed by atoms with Gasteiger partial charge in [0.1, 0.15) is 11.9 Å². The first-order chi connectivity index (χ1) is 20.0. The zero-order valence-corrected chi connectivity index (χ0v) is 23.3. The number of hydrogen-bond donors (Lipinski definition) is 1. The number of ether oxygens (including phenoxy) is 1. The van der Waals surface area contributed by atoms with Crippen molar-refractivity contribution >= 4 is 34.8 Å². The molecule has 1 aliphatic rings. The van der Waals surface area contributed by atoms with Gasteiger partial charge in [-0.3, -0.25) is 9.59 Å². The normalized spacial score (nSPS) is 13.9. The quantitative estimate of drug-likeness (QED) is 0.257. The van der Waals surface area contributed by atoms with E-state index in [4.69, 9.17) is 16.3 Å². The summed E-state index contributed by atoms with van der Waals surface area (Å²) >= 11 is 6.10. The van der Waals surface area contributed by atoms with E-state index in [1.807, 2.05) is 66.7 Å². The second-order valence-electron chi connectivity index (χ2n) is 9.90. The highest BCUT2D eigenvalue weighted by molar-refractivity contribution is 6.30. The van der Waals surface area contributed by atoms with E-state index in [1.54, 1.807) is 24.3 Å². The van der Waals surface area contributed by atoms with Crippen molar-refractivity contribution < 1.29 is 18.7 Å². The molecule has 6 nitrogen and oxygen atoms in total. The number of amides is 2. The van der Waals surface area contributed by atoms with Crippen LogP contribution in [0.25, 0.3) is 0 Å². The number of rotatable bonds is 9. The highest BCUT2D eigenvalue weighted by Crippen LogP contribution is 2.28. The largest absolute Gasteiger partial charge is 0.378 e. The Hall–Kier alpha value is -4.20. The molecule has 1 aliphatic heterocycles. The average molecular weight is 572 g/mol. The molecular weight excluding hydrogens is 541 g/mol. The van der Waals surface area contributed by atoms with Crippen LogP contribution >= 0.6 is 11.6 Å². The molecule has 1 saturated heterocycles.